The fourth-order valence-electron chi connectivity index (χ4n) is 1.62. The van der Waals surface area contributed by atoms with Crippen molar-refractivity contribution >= 4 is 5.57 Å². The molecule has 0 saturated heterocycles. The molecule has 19 heavy (non-hydrogen) atoms. The Morgan fingerprint density at radius 2 is 1.89 bits per heavy atom. The lowest BCUT2D eigenvalue weighted by Gasteiger charge is -2.09. The molecule has 1 aromatic carbocycles. The molecule has 102 valence electrons. The zero-order valence-corrected chi connectivity index (χ0v) is 12.4. The van der Waals surface area contributed by atoms with Gasteiger partial charge in [0.05, 0.1) is 0 Å². The van der Waals surface area contributed by atoms with E-state index in [0.29, 0.717) is 0 Å². The van der Waals surface area contributed by atoms with E-state index in [1.54, 1.807) is 12.1 Å². The monoisotopic (exact) mass is 256 g/mol. The fraction of sp³-hybridized carbons (Fsp3) is 0.222. The van der Waals surface area contributed by atoms with E-state index in [-0.39, 0.29) is 5.75 Å². The first-order valence-electron chi connectivity index (χ1n) is 6.54. The molecule has 0 aromatic heterocycles. The maximum atomic E-state index is 9.91. The summed E-state index contributed by atoms with van der Waals surface area (Å²) < 4.78 is 0. The van der Waals surface area contributed by atoms with Crippen LogP contribution >= 0.6 is 0 Å². The number of hydrogen-bond acceptors (Lipinski definition) is 1. The normalized spacial score (nSPS) is 10.8. The van der Waals surface area contributed by atoms with Crippen molar-refractivity contribution in [3.05, 3.63) is 72.4 Å². The highest BCUT2D eigenvalue weighted by Crippen LogP contribution is 2.30. The summed E-state index contributed by atoms with van der Waals surface area (Å²) in [6.45, 7) is 15.6. The standard InChI is InChI=1S/C16H18O.C2H6/c1-5-7-14(8-6-2)13(4)15-10-9-12(3)11-16(15)17;1-2/h5-11,17H,1,4H2,2-3H3;1-2H3/b8-6-,14-7+;. The molecular weight excluding hydrogens is 232 g/mol. The van der Waals surface area contributed by atoms with Crippen molar-refractivity contribution in [1.82, 2.24) is 0 Å². The highest BCUT2D eigenvalue weighted by Gasteiger charge is 2.07. The number of aryl methyl sites for hydroxylation is 1. The molecule has 1 N–H and O–H groups in total. The summed E-state index contributed by atoms with van der Waals surface area (Å²) >= 11 is 0. The van der Waals surface area contributed by atoms with Gasteiger partial charge in [0, 0.05) is 5.56 Å². The minimum Gasteiger partial charge on any atom is -0.507 e. The molecule has 1 nitrogen and oxygen atoms in total. The Morgan fingerprint density at radius 3 is 2.37 bits per heavy atom. The van der Waals surface area contributed by atoms with E-state index in [2.05, 4.69) is 13.2 Å². The highest BCUT2D eigenvalue weighted by atomic mass is 16.3. The SMILES string of the molecule is C=C/C=C(\C=C/C)C(=C)c1ccc(C)cc1O.CC. The van der Waals surface area contributed by atoms with Crippen LogP contribution in [0.3, 0.4) is 0 Å². The first kappa shape index (κ1) is 17.0. The van der Waals surface area contributed by atoms with Crippen molar-refractivity contribution in [3.8, 4) is 5.75 Å². The van der Waals surface area contributed by atoms with Crippen LogP contribution in [-0.2, 0) is 0 Å². The van der Waals surface area contributed by atoms with Crippen LogP contribution in [0.15, 0.2) is 61.2 Å². The minimum atomic E-state index is 0.259. The summed E-state index contributed by atoms with van der Waals surface area (Å²) in [6.07, 6.45) is 7.47. The summed E-state index contributed by atoms with van der Waals surface area (Å²) in [7, 11) is 0. The Balaban J connectivity index is 0.00000154. The number of phenolic OH excluding ortho intramolecular Hbond substituents is 1. The van der Waals surface area contributed by atoms with Gasteiger partial charge in [-0.3, -0.25) is 0 Å². The van der Waals surface area contributed by atoms with E-state index in [0.717, 1.165) is 22.3 Å². The van der Waals surface area contributed by atoms with Crippen LogP contribution in [0.25, 0.3) is 5.57 Å². The van der Waals surface area contributed by atoms with E-state index in [4.69, 9.17) is 0 Å². The third-order valence-electron chi connectivity index (χ3n) is 2.47. The second kappa shape index (κ2) is 8.98. The molecule has 0 aliphatic rings. The molecule has 0 aliphatic heterocycles. The van der Waals surface area contributed by atoms with Crippen LogP contribution in [0.5, 0.6) is 5.75 Å². The van der Waals surface area contributed by atoms with Crippen molar-refractivity contribution in [2.75, 3.05) is 0 Å². The number of allylic oxidation sites excluding steroid dienone is 6. The van der Waals surface area contributed by atoms with Crippen LogP contribution in [0, 0.1) is 6.92 Å². The molecule has 1 heteroatoms. The lowest BCUT2D eigenvalue weighted by atomic mass is 9.97. The molecule has 1 rings (SSSR count). The molecule has 1 aromatic rings. The smallest absolute Gasteiger partial charge is 0.123 e. The van der Waals surface area contributed by atoms with Crippen LogP contribution in [0.2, 0.25) is 0 Å². The predicted octanol–water partition coefficient (Wildman–Crippen LogP) is 5.43. The lowest BCUT2D eigenvalue weighted by molar-refractivity contribution is 0.473. The largest absolute Gasteiger partial charge is 0.507 e. The molecule has 0 heterocycles. The maximum Gasteiger partial charge on any atom is 0.123 e. The number of benzene rings is 1. The summed E-state index contributed by atoms with van der Waals surface area (Å²) in [5.74, 6) is 0.259. The van der Waals surface area contributed by atoms with Gasteiger partial charge in [-0.1, -0.05) is 63.4 Å². The van der Waals surface area contributed by atoms with E-state index < -0.39 is 0 Å². The zero-order chi connectivity index (χ0) is 14.8. The molecule has 0 atom stereocenters. The minimum absolute atomic E-state index is 0.259. The summed E-state index contributed by atoms with van der Waals surface area (Å²) in [5, 5.41) is 9.91. The topological polar surface area (TPSA) is 20.2 Å². The Kier molecular flexibility index (Phi) is 8.03. The van der Waals surface area contributed by atoms with Crippen molar-refractivity contribution < 1.29 is 5.11 Å². The number of phenols is 1. The fourth-order valence-corrected chi connectivity index (χ4v) is 1.62. The Hall–Kier alpha value is -2.02. The lowest BCUT2D eigenvalue weighted by Crippen LogP contribution is -1.88. The molecular formula is C18H24O. The molecule has 0 bridgehead atoms. The van der Waals surface area contributed by atoms with Crippen molar-refractivity contribution in [3.63, 3.8) is 0 Å². The summed E-state index contributed by atoms with van der Waals surface area (Å²) in [6, 6.07) is 5.58. The first-order valence-corrected chi connectivity index (χ1v) is 6.54. The van der Waals surface area contributed by atoms with Crippen LogP contribution in [0.4, 0.5) is 0 Å². The summed E-state index contributed by atoms with van der Waals surface area (Å²) in [4.78, 5) is 0. The third-order valence-corrected chi connectivity index (χ3v) is 2.47. The van der Waals surface area contributed by atoms with Crippen LogP contribution in [-0.4, -0.2) is 5.11 Å². The molecule has 0 amide bonds. The molecule has 0 spiro atoms. The number of hydrogen-bond donors (Lipinski definition) is 1. The average molecular weight is 256 g/mol. The molecule has 0 fully saturated rings. The van der Waals surface area contributed by atoms with Gasteiger partial charge in [-0.25, -0.2) is 0 Å². The zero-order valence-electron chi connectivity index (χ0n) is 12.4. The van der Waals surface area contributed by atoms with Gasteiger partial charge in [0.1, 0.15) is 5.75 Å². The Labute approximate surface area is 117 Å². The van der Waals surface area contributed by atoms with Gasteiger partial charge in [-0.05, 0) is 36.6 Å². The second-order valence-electron chi connectivity index (χ2n) is 3.86. The van der Waals surface area contributed by atoms with Gasteiger partial charge in [0.2, 0.25) is 0 Å². The molecule has 0 radical (unpaired) electrons. The predicted molar refractivity (Wildman–Crippen MR) is 86.3 cm³/mol. The average Bonchev–Trinajstić information content (AvgIpc) is 2.40. The van der Waals surface area contributed by atoms with Gasteiger partial charge in [0.15, 0.2) is 0 Å². The van der Waals surface area contributed by atoms with E-state index in [9.17, 15) is 5.11 Å². The highest BCUT2D eigenvalue weighted by molar-refractivity contribution is 5.83. The van der Waals surface area contributed by atoms with Crippen LogP contribution < -0.4 is 0 Å². The third kappa shape index (κ3) is 5.01. The van der Waals surface area contributed by atoms with E-state index >= 15 is 0 Å². The first-order chi connectivity index (χ1) is 9.10. The molecule has 0 saturated carbocycles. The van der Waals surface area contributed by atoms with Crippen molar-refractivity contribution in [2.24, 2.45) is 0 Å². The maximum absolute atomic E-state index is 9.91. The van der Waals surface area contributed by atoms with Gasteiger partial charge < -0.3 is 5.11 Å². The van der Waals surface area contributed by atoms with Gasteiger partial charge in [-0.2, -0.15) is 0 Å². The Bertz CT molecular complexity index is 490. The van der Waals surface area contributed by atoms with Gasteiger partial charge in [-0.15, -0.1) is 0 Å². The van der Waals surface area contributed by atoms with E-state index in [1.807, 2.05) is 58.1 Å². The quantitative estimate of drug-likeness (QED) is 0.712. The number of rotatable bonds is 4. The second-order valence-corrected chi connectivity index (χ2v) is 3.86. The van der Waals surface area contributed by atoms with Crippen molar-refractivity contribution in [1.29, 1.82) is 0 Å². The van der Waals surface area contributed by atoms with Gasteiger partial charge >= 0.3 is 0 Å². The number of aromatic hydroxyl groups is 1. The van der Waals surface area contributed by atoms with E-state index in [1.165, 1.54) is 0 Å². The van der Waals surface area contributed by atoms with Gasteiger partial charge in [0.25, 0.3) is 0 Å². The Morgan fingerprint density at radius 1 is 1.26 bits per heavy atom. The van der Waals surface area contributed by atoms with Crippen molar-refractivity contribution in [2.45, 2.75) is 27.7 Å². The summed E-state index contributed by atoms with van der Waals surface area (Å²) in [5.41, 5.74) is 3.52. The molecule has 0 aliphatic carbocycles. The van der Waals surface area contributed by atoms with Crippen LogP contribution in [0.1, 0.15) is 31.9 Å². The molecule has 0 unspecified atom stereocenters.